The number of carbonyl (C=O) groups excluding carboxylic acids is 1. The van der Waals surface area contributed by atoms with Crippen molar-refractivity contribution in [2.45, 2.75) is 37.3 Å². The third-order valence-corrected chi connectivity index (χ3v) is 4.59. The van der Waals surface area contributed by atoms with E-state index in [2.05, 4.69) is 5.16 Å². The summed E-state index contributed by atoms with van der Waals surface area (Å²) < 4.78 is 32.7. The van der Waals surface area contributed by atoms with Crippen LogP contribution in [0.2, 0.25) is 0 Å². The Labute approximate surface area is 136 Å². The molecule has 2 aromatic rings. The van der Waals surface area contributed by atoms with Crippen molar-refractivity contribution < 1.29 is 23.2 Å². The Kier molecular flexibility index (Phi) is 3.60. The normalized spacial score (nSPS) is 23.7. The molecule has 1 aliphatic heterocycles. The lowest BCUT2D eigenvalue weighted by atomic mass is 10.0. The van der Waals surface area contributed by atoms with Crippen LogP contribution in [-0.2, 0) is 0 Å². The van der Waals surface area contributed by atoms with E-state index in [1.165, 1.54) is 4.90 Å². The molecule has 1 aromatic heterocycles. The summed E-state index contributed by atoms with van der Waals surface area (Å²) >= 11 is 0. The fourth-order valence-corrected chi connectivity index (χ4v) is 3.21. The highest BCUT2D eigenvalue weighted by molar-refractivity contribution is 5.92. The number of nitrogens with zero attached hydrogens (tertiary/aromatic N) is 2. The molecule has 1 amide bonds. The van der Waals surface area contributed by atoms with Crippen LogP contribution in [0.25, 0.3) is 0 Å². The molecular formula is C17H16F2N2O3. The van der Waals surface area contributed by atoms with Gasteiger partial charge in [0.25, 0.3) is 5.91 Å². The second-order valence-electron chi connectivity index (χ2n) is 6.42. The van der Waals surface area contributed by atoms with Gasteiger partial charge < -0.3 is 14.5 Å². The van der Waals surface area contributed by atoms with E-state index in [0.717, 1.165) is 36.7 Å². The topological polar surface area (TPSA) is 66.6 Å². The standard InChI is InChI=1S/C17H16F2N2O3/c18-10-3-4-13(19)12(5-10)15-6-11(22)8-21(15)17(23)16-7-14(20-24-16)9-1-2-9/h3-5,7,9,11,15,22H,1-2,6,8H2. The number of aromatic nitrogens is 1. The molecule has 2 aliphatic rings. The number of likely N-dealkylation sites (tertiary alicyclic amines) is 1. The van der Waals surface area contributed by atoms with E-state index < -0.39 is 29.7 Å². The number of halogens is 2. The predicted octanol–water partition coefficient (Wildman–Crippen LogP) is 2.78. The summed E-state index contributed by atoms with van der Waals surface area (Å²) in [4.78, 5) is 14.0. The summed E-state index contributed by atoms with van der Waals surface area (Å²) in [5.74, 6) is -1.26. The van der Waals surface area contributed by atoms with Crippen molar-refractivity contribution in [3.63, 3.8) is 0 Å². The van der Waals surface area contributed by atoms with E-state index in [-0.39, 0.29) is 24.3 Å². The summed E-state index contributed by atoms with van der Waals surface area (Å²) in [5, 5.41) is 13.8. The minimum atomic E-state index is -0.799. The van der Waals surface area contributed by atoms with Gasteiger partial charge >= 0.3 is 0 Å². The number of hydrogen-bond acceptors (Lipinski definition) is 4. The van der Waals surface area contributed by atoms with Gasteiger partial charge in [0.05, 0.1) is 17.8 Å². The second-order valence-corrected chi connectivity index (χ2v) is 6.42. The van der Waals surface area contributed by atoms with Crippen LogP contribution in [0, 0.1) is 11.6 Å². The van der Waals surface area contributed by atoms with Gasteiger partial charge in [0.1, 0.15) is 11.6 Å². The molecule has 1 aromatic carbocycles. The number of amides is 1. The zero-order chi connectivity index (χ0) is 16.8. The number of aliphatic hydroxyl groups is 1. The first kappa shape index (κ1) is 15.3. The van der Waals surface area contributed by atoms with Crippen molar-refractivity contribution in [1.29, 1.82) is 0 Å². The molecule has 2 heterocycles. The van der Waals surface area contributed by atoms with E-state index >= 15 is 0 Å². The number of β-amino-alcohol motifs (C(OH)–C–C–N with tert-alkyl or cyclic N) is 1. The molecule has 2 atom stereocenters. The Balaban J connectivity index is 1.64. The summed E-state index contributed by atoms with van der Waals surface area (Å²) in [6.45, 7) is 0.0406. The molecule has 7 heteroatoms. The predicted molar refractivity (Wildman–Crippen MR) is 79.2 cm³/mol. The molecule has 0 spiro atoms. The molecule has 0 bridgehead atoms. The smallest absolute Gasteiger partial charge is 0.293 e. The average molecular weight is 334 g/mol. The highest BCUT2D eigenvalue weighted by Gasteiger charge is 2.39. The van der Waals surface area contributed by atoms with Gasteiger partial charge in [0, 0.05) is 24.1 Å². The molecule has 1 saturated carbocycles. The largest absolute Gasteiger partial charge is 0.391 e. The molecular weight excluding hydrogens is 318 g/mol. The van der Waals surface area contributed by atoms with Crippen molar-refractivity contribution in [3.8, 4) is 0 Å². The Morgan fingerprint density at radius 1 is 1.29 bits per heavy atom. The van der Waals surface area contributed by atoms with Crippen LogP contribution in [0.1, 0.15) is 53.0 Å². The van der Waals surface area contributed by atoms with Gasteiger partial charge in [0.2, 0.25) is 5.76 Å². The minimum Gasteiger partial charge on any atom is -0.391 e. The number of aliphatic hydroxyl groups excluding tert-OH is 1. The molecule has 2 unspecified atom stereocenters. The highest BCUT2D eigenvalue weighted by atomic mass is 19.1. The summed E-state index contributed by atoms with van der Waals surface area (Å²) in [6, 6.07) is 3.97. The van der Waals surface area contributed by atoms with Crippen molar-refractivity contribution in [1.82, 2.24) is 10.1 Å². The third kappa shape index (κ3) is 2.69. The van der Waals surface area contributed by atoms with Crippen LogP contribution < -0.4 is 0 Å². The summed E-state index contributed by atoms with van der Waals surface area (Å²) in [7, 11) is 0. The van der Waals surface area contributed by atoms with Crippen molar-refractivity contribution in [2.24, 2.45) is 0 Å². The van der Waals surface area contributed by atoms with Crippen LogP contribution in [0.4, 0.5) is 8.78 Å². The van der Waals surface area contributed by atoms with E-state index in [1.807, 2.05) is 0 Å². The molecule has 5 nitrogen and oxygen atoms in total. The molecule has 24 heavy (non-hydrogen) atoms. The Morgan fingerprint density at radius 3 is 2.83 bits per heavy atom. The number of hydrogen-bond donors (Lipinski definition) is 1. The Hall–Kier alpha value is -2.28. The quantitative estimate of drug-likeness (QED) is 0.937. The second kappa shape index (κ2) is 5.66. The van der Waals surface area contributed by atoms with Crippen LogP contribution >= 0.6 is 0 Å². The van der Waals surface area contributed by atoms with Crippen molar-refractivity contribution >= 4 is 5.91 Å². The minimum absolute atomic E-state index is 0.0406. The number of carbonyl (C=O) groups is 1. The lowest BCUT2D eigenvalue weighted by Gasteiger charge is -2.23. The molecule has 126 valence electrons. The maximum Gasteiger partial charge on any atom is 0.293 e. The zero-order valence-electron chi connectivity index (χ0n) is 12.8. The molecule has 1 saturated heterocycles. The number of benzene rings is 1. The molecule has 1 N–H and O–H groups in total. The molecule has 2 fully saturated rings. The fourth-order valence-electron chi connectivity index (χ4n) is 3.21. The van der Waals surface area contributed by atoms with Gasteiger partial charge in [-0.05, 0) is 37.5 Å². The maximum absolute atomic E-state index is 14.1. The van der Waals surface area contributed by atoms with Gasteiger partial charge in [0.15, 0.2) is 0 Å². The third-order valence-electron chi connectivity index (χ3n) is 4.59. The SMILES string of the molecule is O=C(c1cc(C2CC2)no1)N1CC(O)CC1c1cc(F)ccc1F. The molecule has 4 rings (SSSR count). The maximum atomic E-state index is 14.1. The van der Waals surface area contributed by atoms with Crippen LogP contribution in [0.5, 0.6) is 0 Å². The lowest BCUT2D eigenvalue weighted by molar-refractivity contribution is 0.0671. The van der Waals surface area contributed by atoms with Gasteiger partial charge in [-0.25, -0.2) is 8.78 Å². The van der Waals surface area contributed by atoms with Gasteiger partial charge in [-0.3, -0.25) is 4.79 Å². The first-order chi connectivity index (χ1) is 11.5. The first-order valence-corrected chi connectivity index (χ1v) is 7.93. The van der Waals surface area contributed by atoms with Gasteiger partial charge in [-0.2, -0.15) is 0 Å². The summed E-state index contributed by atoms with van der Waals surface area (Å²) in [5.41, 5.74) is 0.799. The van der Waals surface area contributed by atoms with Gasteiger partial charge in [-0.1, -0.05) is 5.16 Å². The average Bonchev–Trinajstić information content (AvgIpc) is 3.16. The summed E-state index contributed by atoms with van der Waals surface area (Å²) in [6.07, 6.45) is 1.40. The van der Waals surface area contributed by atoms with Crippen LogP contribution in [-0.4, -0.2) is 33.7 Å². The van der Waals surface area contributed by atoms with Crippen molar-refractivity contribution in [2.75, 3.05) is 6.54 Å². The molecule has 0 radical (unpaired) electrons. The monoisotopic (exact) mass is 334 g/mol. The van der Waals surface area contributed by atoms with E-state index in [9.17, 15) is 18.7 Å². The Morgan fingerprint density at radius 2 is 2.08 bits per heavy atom. The van der Waals surface area contributed by atoms with E-state index in [0.29, 0.717) is 5.92 Å². The fraction of sp³-hybridized carbons (Fsp3) is 0.412. The first-order valence-electron chi connectivity index (χ1n) is 7.93. The van der Waals surface area contributed by atoms with E-state index in [4.69, 9.17) is 4.52 Å². The van der Waals surface area contributed by atoms with Crippen molar-refractivity contribution in [3.05, 3.63) is 52.9 Å². The van der Waals surface area contributed by atoms with E-state index in [1.54, 1.807) is 6.07 Å². The van der Waals surface area contributed by atoms with Gasteiger partial charge in [-0.15, -0.1) is 0 Å². The van der Waals surface area contributed by atoms with Crippen LogP contribution in [0.3, 0.4) is 0 Å². The van der Waals surface area contributed by atoms with Crippen LogP contribution in [0.15, 0.2) is 28.8 Å². The molecule has 1 aliphatic carbocycles. The highest BCUT2D eigenvalue weighted by Crippen LogP contribution is 2.40. The number of rotatable bonds is 3. The lowest BCUT2D eigenvalue weighted by Crippen LogP contribution is -2.32. The zero-order valence-corrected chi connectivity index (χ0v) is 12.8. The Bertz CT molecular complexity index is 788.